The van der Waals surface area contributed by atoms with Gasteiger partial charge in [0.2, 0.25) is 0 Å². The van der Waals surface area contributed by atoms with Gasteiger partial charge >= 0.3 is 0 Å². The summed E-state index contributed by atoms with van der Waals surface area (Å²) in [6, 6.07) is 0. The number of guanidine groups is 1. The molecule has 0 aromatic carbocycles. The minimum atomic E-state index is 0. The molecule has 2 rings (SSSR count). The summed E-state index contributed by atoms with van der Waals surface area (Å²) >= 11 is 0. The molecule has 1 aromatic heterocycles. The highest BCUT2D eigenvalue weighted by Gasteiger charge is 2.22. The van der Waals surface area contributed by atoms with Crippen LogP contribution in [0.5, 0.6) is 0 Å². The molecule has 0 unspecified atom stereocenters. The number of halogens is 1. The fourth-order valence-electron chi connectivity index (χ4n) is 2.86. The largest absolute Gasteiger partial charge is 0.385 e. The summed E-state index contributed by atoms with van der Waals surface area (Å²) in [5.74, 6) is 1.84. The molecule has 1 aliphatic rings. The lowest BCUT2D eigenvalue weighted by molar-refractivity contribution is 0.00989. The SMILES string of the molecule is CCn1cnnc1CNC(=NC)N1CCC(OCCCOC)CC1.I. The van der Waals surface area contributed by atoms with Crippen LogP contribution in [0.4, 0.5) is 0 Å². The molecule has 0 bridgehead atoms. The van der Waals surface area contributed by atoms with Crippen LogP contribution in [0.3, 0.4) is 0 Å². The van der Waals surface area contributed by atoms with Crippen LogP contribution < -0.4 is 5.32 Å². The minimum absolute atomic E-state index is 0. The zero-order valence-corrected chi connectivity index (χ0v) is 17.8. The van der Waals surface area contributed by atoms with Gasteiger partial charge in [-0.25, -0.2) is 0 Å². The molecule has 144 valence electrons. The van der Waals surface area contributed by atoms with Gasteiger partial charge in [-0.3, -0.25) is 4.99 Å². The summed E-state index contributed by atoms with van der Waals surface area (Å²) in [7, 11) is 3.54. The van der Waals surface area contributed by atoms with Crippen molar-refractivity contribution in [3.8, 4) is 0 Å². The van der Waals surface area contributed by atoms with Crippen LogP contribution in [-0.4, -0.2) is 72.2 Å². The Balaban J connectivity index is 0.00000312. The molecule has 0 saturated carbocycles. The predicted molar refractivity (Wildman–Crippen MR) is 108 cm³/mol. The summed E-state index contributed by atoms with van der Waals surface area (Å²) in [5.41, 5.74) is 0. The van der Waals surface area contributed by atoms with Crippen LogP contribution >= 0.6 is 24.0 Å². The smallest absolute Gasteiger partial charge is 0.194 e. The first-order chi connectivity index (χ1) is 11.8. The van der Waals surface area contributed by atoms with Gasteiger partial charge in [0.05, 0.1) is 12.6 Å². The molecule has 0 aliphatic carbocycles. The number of piperidine rings is 1. The summed E-state index contributed by atoms with van der Waals surface area (Å²) in [6.45, 7) is 7.03. The molecular weight excluding hydrogens is 435 g/mol. The van der Waals surface area contributed by atoms with Crippen molar-refractivity contribution >= 4 is 29.9 Å². The maximum absolute atomic E-state index is 5.91. The summed E-state index contributed by atoms with van der Waals surface area (Å²) < 4.78 is 13.0. The van der Waals surface area contributed by atoms with Gasteiger partial charge in [0.15, 0.2) is 11.8 Å². The van der Waals surface area contributed by atoms with E-state index in [4.69, 9.17) is 9.47 Å². The monoisotopic (exact) mass is 466 g/mol. The summed E-state index contributed by atoms with van der Waals surface area (Å²) in [6.07, 6.45) is 5.11. The van der Waals surface area contributed by atoms with Crippen LogP contribution in [0.25, 0.3) is 0 Å². The number of aliphatic imine (C=N–C) groups is 1. The summed E-state index contributed by atoms with van der Waals surface area (Å²) in [4.78, 5) is 6.67. The zero-order chi connectivity index (χ0) is 17.2. The molecule has 2 heterocycles. The first-order valence-corrected chi connectivity index (χ1v) is 8.71. The van der Waals surface area contributed by atoms with Crippen LogP contribution in [0.15, 0.2) is 11.3 Å². The second-order valence-corrected chi connectivity index (χ2v) is 5.84. The van der Waals surface area contributed by atoms with Crippen LogP contribution in [0.1, 0.15) is 32.0 Å². The second-order valence-electron chi connectivity index (χ2n) is 5.84. The van der Waals surface area contributed by atoms with Crippen LogP contribution in [0.2, 0.25) is 0 Å². The number of likely N-dealkylation sites (tertiary alicyclic amines) is 1. The Morgan fingerprint density at radius 2 is 2.12 bits per heavy atom. The number of ether oxygens (including phenoxy) is 2. The highest BCUT2D eigenvalue weighted by Crippen LogP contribution is 2.14. The van der Waals surface area contributed by atoms with Crippen molar-refractivity contribution in [2.75, 3.05) is 40.5 Å². The number of nitrogens with one attached hydrogen (secondary N) is 1. The molecule has 1 aromatic rings. The highest BCUT2D eigenvalue weighted by molar-refractivity contribution is 14.0. The van der Waals surface area contributed by atoms with Gasteiger partial charge in [0.25, 0.3) is 0 Å². The third kappa shape index (κ3) is 7.06. The van der Waals surface area contributed by atoms with Crippen molar-refractivity contribution in [3.63, 3.8) is 0 Å². The summed E-state index contributed by atoms with van der Waals surface area (Å²) in [5, 5.41) is 11.5. The molecule has 0 amide bonds. The third-order valence-corrected chi connectivity index (χ3v) is 4.24. The van der Waals surface area contributed by atoms with E-state index in [1.165, 1.54) is 0 Å². The highest BCUT2D eigenvalue weighted by atomic mass is 127. The normalized spacial score (nSPS) is 16.0. The molecule has 1 aliphatic heterocycles. The number of nitrogens with zero attached hydrogens (tertiary/aromatic N) is 5. The lowest BCUT2D eigenvalue weighted by Gasteiger charge is -2.34. The van der Waals surface area contributed by atoms with E-state index in [1.54, 1.807) is 13.4 Å². The van der Waals surface area contributed by atoms with Crippen molar-refractivity contribution < 1.29 is 9.47 Å². The van der Waals surface area contributed by atoms with E-state index in [0.717, 1.165) is 63.9 Å². The molecule has 0 radical (unpaired) electrons. The van der Waals surface area contributed by atoms with Crippen LogP contribution in [0, 0.1) is 0 Å². The molecule has 0 spiro atoms. The maximum Gasteiger partial charge on any atom is 0.194 e. The second kappa shape index (κ2) is 12.4. The molecule has 25 heavy (non-hydrogen) atoms. The van der Waals surface area contributed by atoms with E-state index < -0.39 is 0 Å². The number of aryl methyl sites for hydroxylation is 1. The quantitative estimate of drug-likeness (QED) is 0.271. The van der Waals surface area contributed by atoms with Crippen molar-refractivity contribution in [3.05, 3.63) is 12.2 Å². The van der Waals surface area contributed by atoms with E-state index in [-0.39, 0.29) is 24.0 Å². The van der Waals surface area contributed by atoms with E-state index in [0.29, 0.717) is 12.6 Å². The van der Waals surface area contributed by atoms with Gasteiger partial charge < -0.3 is 24.3 Å². The van der Waals surface area contributed by atoms with Crippen molar-refractivity contribution in [2.24, 2.45) is 4.99 Å². The van der Waals surface area contributed by atoms with Crippen molar-refractivity contribution in [2.45, 2.75) is 45.4 Å². The number of rotatable bonds is 8. The van der Waals surface area contributed by atoms with Gasteiger partial charge in [-0.2, -0.15) is 0 Å². The first kappa shape index (κ1) is 22.1. The average molecular weight is 466 g/mol. The number of hydrogen-bond acceptors (Lipinski definition) is 5. The number of aromatic nitrogens is 3. The molecule has 1 fully saturated rings. The lowest BCUT2D eigenvalue weighted by Crippen LogP contribution is -2.47. The van der Waals surface area contributed by atoms with E-state index in [1.807, 2.05) is 11.6 Å². The lowest BCUT2D eigenvalue weighted by atomic mass is 10.1. The van der Waals surface area contributed by atoms with Crippen molar-refractivity contribution in [1.29, 1.82) is 0 Å². The first-order valence-electron chi connectivity index (χ1n) is 8.71. The topological polar surface area (TPSA) is 76.8 Å². The Hall–Kier alpha value is -0.940. The molecule has 1 N–H and O–H groups in total. The Morgan fingerprint density at radius 3 is 2.76 bits per heavy atom. The molecular formula is C16H31IN6O2. The fraction of sp³-hybridized carbons (Fsp3) is 0.812. The Bertz CT molecular complexity index is 503. The molecule has 1 saturated heterocycles. The Morgan fingerprint density at radius 1 is 1.36 bits per heavy atom. The minimum Gasteiger partial charge on any atom is -0.385 e. The van der Waals surface area contributed by atoms with Gasteiger partial charge in [-0.05, 0) is 26.2 Å². The number of hydrogen-bond donors (Lipinski definition) is 1. The Kier molecular flexibility index (Phi) is 11.0. The van der Waals surface area contributed by atoms with Crippen LogP contribution in [-0.2, 0) is 22.6 Å². The van der Waals surface area contributed by atoms with Crippen molar-refractivity contribution in [1.82, 2.24) is 25.0 Å². The maximum atomic E-state index is 5.91. The average Bonchev–Trinajstić information content (AvgIpc) is 3.08. The fourth-order valence-corrected chi connectivity index (χ4v) is 2.86. The van der Waals surface area contributed by atoms with Gasteiger partial charge in [-0.1, -0.05) is 0 Å². The van der Waals surface area contributed by atoms with Gasteiger partial charge in [0, 0.05) is 47.0 Å². The Labute approximate surface area is 167 Å². The van der Waals surface area contributed by atoms with Gasteiger partial charge in [0.1, 0.15) is 6.33 Å². The van der Waals surface area contributed by atoms with E-state index in [9.17, 15) is 0 Å². The third-order valence-electron chi connectivity index (χ3n) is 4.24. The number of methoxy groups -OCH3 is 1. The molecule has 8 nitrogen and oxygen atoms in total. The molecule has 0 atom stereocenters. The molecule has 9 heteroatoms. The predicted octanol–water partition coefficient (Wildman–Crippen LogP) is 1.51. The standard InChI is InChI=1S/C16H30N6O2.HI/c1-4-21-13-19-20-15(21)12-18-16(17-2)22-8-6-14(7-9-22)24-11-5-10-23-3;/h13-14H,4-12H2,1-3H3,(H,17,18);1H. The zero-order valence-electron chi connectivity index (χ0n) is 15.5. The van der Waals surface area contributed by atoms with E-state index in [2.05, 4.69) is 32.3 Å². The van der Waals surface area contributed by atoms with Gasteiger partial charge in [-0.15, -0.1) is 34.2 Å². The van der Waals surface area contributed by atoms with E-state index >= 15 is 0 Å².